The van der Waals surface area contributed by atoms with Gasteiger partial charge in [0.15, 0.2) is 11.5 Å². The molecule has 0 bridgehead atoms. The van der Waals surface area contributed by atoms with Crippen molar-refractivity contribution in [2.24, 2.45) is 0 Å². The van der Waals surface area contributed by atoms with Gasteiger partial charge in [0, 0.05) is 37.4 Å². The van der Waals surface area contributed by atoms with Crippen molar-refractivity contribution in [2.45, 2.75) is 0 Å². The van der Waals surface area contributed by atoms with Gasteiger partial charge in [0.05, 0.1) is 0 Å². The molecule has 0 spiro atoms. The van der Waals surface area contributed by atoms with Gasteiger partial charge in [-0.15, -0.1) is 0 Å². The van der Waals surface area contributed by atoms with Gasteiger partial charge in [-0.2, -0.15) is 0 Å². The fraction of sp³-hybridized carbons (Fsp3) is 0.278. The highest BCUT2D eigenvalue weighted by Gasteiger charge is 2.24. The third-order valence-corrected chi connectivity index (χ3v) is 4.36. The lowest BCUT2D eigenvalue weighted by atomic mass is 10.1. The van der Waals surface area contributed by atoms with Crippen molar-refractivity contribution in [3.63, 3.8) is 0 Å². The van der Waals surface area contributed by atoms with Crippen molar-refractivity contribution in [3.8, 4) is 11.5 Å². The number of hydrogen-bond donors (Lipinski definition) is 0. The van der Waals surface area contributed by atoms with E-state index in [1.54, 1.807) is 24.3 Å². The molecule has 0 N–H and O–H groups in total. The van der Waals surface area contributed by atoms with Crippen LogP contribution in [-0.2, 0) is 0 Å². The quantitative estimate of drug-likeness (QED) is 0.849. The van der Waals surface area contributed by atoms with Crippen molar-refractivity contribution < 1.29 is 18.7 Å². The topological polar surface area (TPSA) is 42.0 Å². The molecule has 0 radical (unpaired) electrons. The lowest BCUT2D eigenvalue weighted by molar-refractivity contribution is 0.0746. The molecule has 0 saturated carbocycles. The van der Waals surface area contributed by atoms with Gasteiger partial charge in [0.1, 0.15) is 5.82 Å². The number of carbonyl (C=O) groups is 1. The number of ether oxygens (including phenoxy) is 2. The molecule has 124 valence electrons. The van der Waals surface area contributed by atoms with Crippen LogP contribution in [0.25, 0.3) is 0 Å². The number of carbonyl (C=O) groups excluding carboxylic acids is 1. The van der Waals surface area contributed by atoms with Crippen LogP contribution in [0.15, 0.2) is 42.5 Å². The minimum atomic E-state index is -0.244. The summed E-state index contributed by atoms with van der Waals surface area (Å²) in [6.45, 7) is 2.76. The highest BCUT2D eigenvalue weighted by Crippen LogP contribution is 2.33. The lowest BCUT2D eigenvalue weighted by Gasteiger charge is -2.36. The van der Waals surface area contributed by atoms with Crippen LogP contribution in [0.1, 0.15) is 10.4 Å². The van der Waals surface area contributed by atoms with Crippen LogP contribution in [0.4, 0.5) is 10.1 Å². The van der Waals surface area contributed by atoms with E-state index in [2.05, 4.69) is 4.90 Å². The Labute approximate surface area is 139 Å². The normalized spacial score (nSPS) is 16.4. The van der Waals surface area contributed by atoms with Gasteiger partial charge in [-0.05, 0) is 36.4 Å². The minimum absolute atomic E-state index is 0.0211. The van der Waals surface area contributed by atoms with E-state index >= 15 is 0 Å². The van der Waals surface area contributed by atoms with E-state index in [0.717, 1.165) is 5.69 Å². The summed E-state index contributed by atoms with van der Waals surface area (Å²) in [5.74, 6) is 1.01. The van der Waals surface area contributed by atoms with Gasteiger partial charge in [0.2, 0.25) is 6.79 Å². The van der Waals surface area contributed by atoms with E-state index in [1.165, 1.54) is 12.1 Å². The van der Waals surface area contributed by atoms with Crippen molar-refractivity contribution in [1.29, 1.82) is 0 Å². The molecule has 2 aliphatic rings. The molecule has 2 aliphatic heterocycles. The van der Waals surface area contributed by atoms with Crippen LogP contribution in [0, 0.1) is 5.82 Å². The Balaban J connectivity index is 1.43. The number of halogens is 1. The summed E-state index contributed by atoms with van der Waals surface area (Å²) in [4.78, 5) is 16.6. The number of nitrogens with zero attached hydrogens (tertiary/aromatic N) is 2. The Morgan fingerprint density at radius 2 is 1.75 bits per heavy atom. The third-order valence-electron chi connectivity index (χ3n) is 4.36. The number of amides is 1. The molecule has 24 heavy (non-hydrogen) atoms. The fourth-order valence-electron chi connectivity index (χ4n) is 3.05. The Hall–Kier alpha value is -2.76. The van der Waals surface area contributed by atoms with E-state index < -0.39 is 0 Å². The number of piperazine rings is 1. The number of hydrogen-bond acceptors (Lipinski definition) is 4. The molecule has 0 atom stereocenters. The zero-order chi connectivity index (χ0) is 16.5. The van der Waals surface area contributed by atoms with E-state index in [1.807, 2.05) is 11.0 Å². The van der Waals surface area contributed by atoms with E-state index in [9.17, 15) is 9.18 Å². The summed E-state index contributed by atoms with van der Waals surface area (Å²) in [7, 11) is 0. The van der Waals surface area contributed by atoms with Gasteiger partial charge in [-0.3, -0.25) is 4.79 Å². The third kappa shape index (κ3) is 2.75. The van der Waals surface area contributed by atoms with Crippen LogP contribution in [0.3, 0.4) is 0 Å². The molecule has 1 amide bonds. The van der Waals surface area contributed by atoms with Crippen molar-refractivity contribution in [3.05, 3.63) is 53.8 Å². The zero-order valence-electron chi connectivity index (χ0n) is 13.1. The largest absolute Gasteiger partial charge is 0.454 e. The molecule has 0 aromatic heterocycles. The van der Waals surface area contributed by atoms with Crippen LogP contribution < -0.4 is 14.4 Å². The average molecular weight is 328 g/mol. The fourth-order valence-corrected chi connectivity index (χ4v) is 3.05. The molecule has 4 rings (SSSR count). The summed E-state index contributed by atoms with van der Waals surface area (Å²) in [5.41, 5.74) is 1.45. The lowest BCUT2D eigenvalue weighted by Crippen LogP contribution is -2.48. The first-order chi connectivity index (χ1) is 11.7. The maximum Gasteiger partial charge on any atom is 0.254 e. The maximum atomic E-state index is 13.3. The molecule has 2 aromatic rings. The van der Waals surface area contributed by atoms with Gasteiger partial charge in [-0.25, -0.2) is 4.39 Å². The molecule has 2 aromatic carbocycles. The van der Waals surface area contributed by atoms with Gasteiger partial charge in [0.25, 0.3) is 5.91 Å². The molecular formula is C18H17FN2O3. The van der Waals surface area contributed by atoms with Gasteiger partial charge < -0.3 is 19.3 Å². The maximum absolute atomic E-state index is 13.3. The molecule has 0 unspecified atom stereocenters. The van der Waals surface area contributed by atoms with Gasteiger partial charge in [-0.1, -0.05) is 6.07 Å². The molecule has 1 fully saturated rings. The monoisotopic (exact) mass is 328 g/mol. The minimum Gasteiger partial charge on any atom is -0.454 e. The molecule has 2 heterocycles. The second-order valence-corrected chi connectivity index (χ2v) is 5.83. The molecule has 1 saturated heterocycles. The summed E-state index contributed by atoms with van der Waals surface area (Å²) in [5, 5.41) is 0. The van der Waals surface area contributed by atoms with Crippen molar-refractivity contribution in [1.82, 2.24) is 4.90 Å². The Morgan fingerprint density at radius 3 is 2.54 bits per heavy atom. The molecular weight excluding hydrogens is 311 g/mol. The summed E-state index contributed by atoms with van der Waals surface area (Å²) < 4.78 is 23.9. The van der Waals surface area contributed by atoms with Crippen LogP contribution in [-0.4, -0.2) is 43.8 Å². The predicted molar refractivity (Wildman–Crippen MR) is 87.1 cm³/mol. The first-order valence-corrected chi connectivity index (χ1v) is 7.90. The predicted octanol–water partition coefficient (Wildman–Crippen LogP) is 2.52. The highest BCUT2D eigenvalue weighted by molar-refractivity contribution is 5.95. The Kier molecular flexibility index (Phi) is 3.72. The van der Waals surface area contributed by atoms with Crippen LogP contribution >= 0.6 is 0 Å². The van der Waals surface area contributed by atoms with Crippen LogP contribution in [0.5, 0.6) is 11.5 Å². The Morgan fingerprint density at radius 1 is 0.958 bits per heavy atom. The van der Waals surface area contributed by atoms with Crippen molar-refractivity contribution >= 4 is 11.6 Å². The van der Waals surface area contributed by atoms with E-state index in [4.69, 9.17) is 9.47 Å². The molecule has 6 heteroatoms. The number of anilines is 1. The smallest absolute Gasteiger partial charge is 0.254 e. The number of rotatable bonds is 2. The SMILES string of the molecule is O=C(c1ccc2c(c1)OCO2)N1CCN(c2cccc(F)c2)CC1. The van der Waals surface area contributed by atoms with Crippen molar-refractivity contribution in [2.75, 3.05) is 37.9 Å². The summed E-state index contributed by atoms with van der Waals surface area (Å²) in [6, 6.07) is 11.8. The van der Waals surface area contributed by atoms with E-state index in [-0.39, 0.29) is 18.5 Å². The Bertz CT molecular complexity index is 773. The second kappa shape index (κ2) is 6.03. The molecule has 5 nitrogen and oxygen atoms in total. The summed E-state index contributed by atoms with van der Waals surface area (Å²) >= 11 is 0. The van der Waals surface area contributed by atoms with E-state index in [0.29, 0.717) is 43.2 Å². The van der Waals surface area contributed by atoms with Gasteiger partial charge >= 0.3 is 0 Å². The standard InChI is InChI=1S/C18H17FN2O3/c19-14-2-1-3-15(11-14)20-6-8-21(9-7-20)18(22)13-4-5-16-17(10-13)24-12-23-16/h1-5,10-11H,6-9,12H2. The number of fused-ring (bicyclic) bond motifs is 1. The van der Waals surface area contributed by atoms with Crippen LogP contribution in [0.2, 0.25) is 0 Å². The summed E-state index contributed by atoms with van der Waals surface area (Å²) in [6.07, 6.45) is 0. The highest BCUT2D eigenvalue weighted by atomic mass is 19.1. The average Bonchev–Trinajstić information content (AvgIpc) is 3.09. The first kappa shape index (κ1) is 14.8. The molecule has 0 aliphatic carbocycles. The number of benzene rings is 2. The zero-order valence-corrected chi connectivity index (χ0v) is 13.1. The first-order valence-electron chi connectivity index (χ1n) is 7.90. The second-order valence-electron chi connectivity index (χ2n) is 5.83.